The summed E-state index contributed by atoms with van der Waals surface area (Å²) in [5.74, 6) is -0.384. The predicted molar refractivity (Wildman–Crippen MR) is 101 cm³/mol. The van der Waals surface area contributed by atoms with Crippen LogP contribution in [0, 0.1) is 11.3 Å². The monoisotopic (exact) mass is 348 g/mol. The molecule has 3 rings (SSSR count). The number of hydrogen-bond donors (Lipinski definition) is 3. The van der Waals surface area contributed by atoms with Crippen molar-refractivity contribution >= 4 is 29.0 Å². The van der Waals surface area contributed by atoms with Crippen LogP contribution in [-0.2, 0) is 17.6 Å². The summed E-state index contributed by atoms with van der Waals surface area (Å²) in [6, 6.07) is 14.3. The van der Waals surface area contributed by atoms with E-state index in [4.69, 9.17) is 5.26 Å². The van der Waals surface area contributed by atoms with E-state index < -0.39 is 0 Å². The highest BCUT2D eigenvalue weighted by Crippen LogP contribution is 2.28. The van der Waals surface area contributed by atoms with Crippen LogP contribution in [0.5, 0.6) is 0 Å². The minimum absolute atomic E-state index is 0.211. The van der Waals surface area contributed by atoms with E-state index in [1.54, 1.807) is 30.3 Å². The van der Waals surface area contributed by atoms with E-state index in [1.165, 1.54) is 17.5 Å². The molecule has 0 saturated carbocycles. The largest absolute Gasteiger partial charge is 0.325 e. The number of fused-ring (bicyclic) bond motifs is 1. The molecule has 132 valence electrons. The third-order valence-electron chi connectivity index (χ3n) is 4.29. The lowest BCUT2D eigenvalue weighted by Crippen LogP contribution is -2.21. The summed E-state index contributed by atoms with van der Waals surface area (Å²) in [7, 11) is 0. The van der Waals surface area contributed by atoms with Gasteiger partial charge in [0.15, 0.2) is 0 Å². The van der Waals surface area contributed by atoms with Gasteiger partial charge in [0, 0.05) is 17.1 Å². The zero-order valence-corrected chi connectivity index (χ0v) is 14.3. The molecule has 2 aromatic carbocycles. The maximum atomic E-state index is 12.4. The molecule has 0 aromatic heterocycles. The fourth-order valence-electron chi connectivity index (χ4n) is 3.13. The van der Waals surface area contributed by atoms with Gasteiger partial charge in [0.1, 0.15) is 6.42 Å². The Balaban J connectivity index is 1.66. The first-order chi connectivity index (χ1) is 12.7. The molecule has 0 aliphatic heterocycles. The maximum absolute atomic E-state index is 12.4. The average molecular weight is 348 g/mol. The molecule has 0 spiro atoms. The van der Waals surface area contributed by atoms with E-state index in [2.05, 4.69) is 22.0 Å². The lowest BCUT2D eigenvalue weighted by atomic mass is 9.90. The number of anilines is 3. The SMILES string of the molecule is N#CCC(=O)Nc1cccc(NC(=O)Nc2cccc3c2CCCC3)c1. The molecular weight excluding hydrogens is 328 g/mol. The second kappa shape index (κ2) is 8.17. The second-order valence-electron chi connectivity index (χ2n) is 6.19. The Morgan fingerprint density at radius 3 is 2.50 bits per heavy atom. The van der Waals surface area contributed by atoms with Gasteiger partial charge in [-0.2, -0.15) is 5.26 Å². The first kappa shape index (κ1) is 17.5. The number of aryl methyl sites for hydroxylation is 1. The number of carbonyl (C=O) groups is 2. The van der Waals surface area contributed by atoms with Gasteiger partial charge in [-0.25, -0.2) is 4.79 Å². The lowest BCUT2D eigenvalue weighted by molar-refractivity contribution is -0.115. The fraction of sp³-hybridized carbons (Fsp3) is 0.250. The summed E-state index contributed by atoms with van der Waals surface area (Å²) in [4.78, 5) is 23.8. The number of nitrogens with zero attached hydrogens (tertiary/aromatic N) is 1. The van der Waals surface area contributed by atoms with Crippen molar-refractivity contribution in [3.8, 4) is 6.07 Å². The van der Waals surface area contributed by atoms with E-state index >= 15 is 0 Å². The van der Waals surface area contributed by atoms with Crippen molar-refractivity contribution in [2.45, 2.75) is 32.1 Å². The lowest BCUT2D eigenvalue weighted by Gasteiger charge is -2.19. The topological polar surface area (TPSA) is 94.0 Å². The molecule has 0 fully saturated rings. The fourth-order valence-corrected chi connectivity index (χ4v) is 3.13. The van der Waals surface area contributed by atoms with Gasteiger partial charge in [-0.1, -0.05) is 18.2 Å². The third kappa shape index (κ3) is 4.39. The van der Waals surface area contributed by atoms with Crippen LogP contribution in [0.15, 0.2) is 42.5 Å². The Bertz CT molecular complexity index is 870. The van der Waals surface area contributed by atoms with Gasteiger partial charge in [0.25, 0.3) is 0 Å². The molecule has 1 aliphatic carbocycles. The highest BCUT2D eigenvalue weighted by molar-refractivity contribution is 6.01. The minimum Gasteiger partial charge on any atom is -0.325 e. The molecule has 3 amide bonds. The Labute approximate surface area is 152 Å². The van der Waals surface area contributed by atoms with Gasteiger partial charge in [0.05, 0.1) is 6.07 Å². The summed E-state index contributed by atoms with van der Waals surface area (Å²) in [5, 5.41) is 16.8. The summed E-state index contributed by atoms with van der Waals surface area (Å²) in [5.41, 5.74) is 4.45. The molecule has 26 heavy (non-hydrogen) atoms. The number of rotatable bonds is 4. The van der Waals surface area contributed by atoms with Gasteiger partial charge in [-0.15, -0.1) is 0 Å². The van der Waals surface area contributed by atoms with E-state index in [-0.39, 0.29) is 18.4 Å². The van der Waals surface area contributed by atoms with Crippen molar-refractivity contribution < 1.29 is 9.59 Å². The first-order valence-electron chi connectivity index (χ1n) is 8.61. The number of nitriles is 1. The van der Waals surface area contributed by atoms with Crippen LogP contribution >= 0.6 is 0 Å². The van der Waals surface area contributed by atoms with Gasteiger partial charge in [-0.05, 0) is 61.1 Å². The third-order valence-corrected chi connectivity index (χ3v) is 4.29. The molecule has 0 radical (unpaired) electrons. The van der Waals surface area contributed by atoms with Crippen LogP contribution in [0.2, 0.25) is 0 Å². The van der Waals surface area contributed by atoms with E-state index in [9.17, 15) is 9.59 Å². The van der Waals surface area contributed by atoms with Crippen molar-refractivity contribution in [3.05, 3.63) is 53.6 Å². The molecular formula is C20H20N4O2. The normalized spacial score (nSPS) is 12.4. The molecule has 0 heterocycles. The van der Waals surface area contributed by atoms with E-state index in [1.807, 2.05) is 12.1 Å². The molecule has 0 saturated heterocycles. The highest BCUT2D eigenvalue weighted by Gasteiger charge is 2.14. The first-order valence-corrected chi connectivity index (χ1v) is 8.61. The van der Waals surface area contributed by atoms with Crippen molar-refractivity contribution in [2.24, 2.45) is 0 Å². The minimum atomic E-state index is -0.384. The summed E-state index contributed by atoms with van der Waals surface area (Å²) >= 11 is 0. The van der Waals surface area contributed by atoms with Crippen molar-refractivity contribution in [2.75, 3.05) is 16.0 Å². The zero-order valence-electron chi connectivity index (χ0n) is 14.3. The van der Waals surface area contributed by atoms with Crippen LogP contribution in [-0.4, -0.2) is 11.9 Å². The number of carbonyl (C=O) groups excluding carboxylic acids is 2. The van der Waals surface area contributed by atoms with Gasteiger partial charge >= 0.3 is 6.03 Å². The summed E-state index contributed by atoms with van der Waals surface area (Å²) < 4.78 is 0. The Hall–Kier alpha value is -3.33. The number of urea groups is 1. The zero-order chi connectivity index (χ0) is 18.4. The summed E-state index contributed by atoms with van der Waals surface area (Å²) in [6.07, 6.45) is 4.14. The Kier molecular flexibility index (Phi) is 5.49. The quantitative estimate of drug-likeness (QED) is 0.777. The molecule has 1 aliphatic rings. The second-order valence-corrected chi connectivity index (χ2v) is 6.19. The molecule has 0 atom stereocenters. The van der Waals surface area contributed by atoms with Crippen molar-refractivity contribution in [3.63, 3.8) is 0 Å². The average Bonchev–Trinajstić information content (AvgIpc) is 2.62. The van der Waals surface area contributed by atoms with Crippen LogP contribution < -0.4 is 16.0 Å². The van der Waals surface area contributed by atoms with Crippen LogP contribution in [0.4, 0.5) is 21.9 Å². The number of nitrogens with one attached hydrogen (secondary N) is 3. The highest BCUT2D eigenvalue weighted by atomic mass is 16.2. The number of benzene rings is 2. The number of hydrogen-bond acceptors (Lipinski definition) is 3. The van der Waals surface area contributed by atoms with Crippen molar-refractivity contribution in [1.29, 1.82) is 5.26 Å². The Morgan fingerprint density at radius 2 is 1.69 bits per heavy atom. The van der Waals surface area contributed by atoms with Gasteiger partial charge in [-0.3, -0.25) is 4.79 Å². The number of amides is 3. The molecule has 2 aromatic rings. The van der Waals surface area contributed by atoms with Crippen LogP contribution in [0.3, 0.4) is 0 Å². The molecule has 6 heteroatoms. The van der Waals surface area contributed by atoms with Crippen LogP contribution in [0.1, 0.15) is 30.4 Å². The van der Waals surface area contributed by atoms with Crippen LogP contribution in [0.25, 0.3) is 0 Å². The predicted octanol–water partition coefficient (Wildman–Crippen LogP) is 4.06. The molecule has 0 unspecified atom stereocenters. The molecule has 6 nitrogen and oxygen atoms in total. The summed E-state index contributed by atoms with van der Waals surface area (Å²) in [6.45, 7) is 0. The Morgan fingerprint density at radius 1 is 0.962 bits per heavy atom. The van der Waals surface area contributed by atoms with Gasteiger partial charge < -0.3 is 16.0 Å². The molecule has 3 N–H and O–H groups in total. The van der Waals surface area contributed by atoms with E-state index in [0.717, 1.165) is 24.9 Å². The van der Waals surface area contributed by atoms with Gasteiger partial charge in [0.2, 0.25) is 5.91 Å². The maximum Gasteiger partial charge on any atom is 0.323 e. The van der Waals surface area contributed by atoms with E-state index in [0.29, 0.717) is 11.4 Å². The van der Waals surface area contributed by atoms with Crippen molar-refractivity contribution in [1.82, 2.24) is 0 Å². The smallest absolute Gasteiger partial charge is 0.323 e. The standard InChI is InChI=1S/C20H20N4O2/c21-12-11-19(25)22-15-7-4-8-16(13-15)23-20(26)24-18-10-3-6-14-5-1-2-9-17(14)18/h3-4,6-8,10,13H,1-2,5,9,11H2,(H,22,25)(H2,23,24,26). The molecule has 0 bridgehead atoms.